The number of rotatable bonds is 12. The Balaban J connectivity index is 3.55. The summed E-state index contributed by atoms with van der Waals surface area (Å²) in [5, 5.41) is 34.8. The molecule has 0 heterocycles. The fourth-order valence-corrected chi connectivity index (χ4v) is 3.23. The van der Waals surface area contributed by atoms with Crippen LogP contribution >= 0.6 is 15.9 Å². The molecule has 30 heavy (non-hydrogen) atoms. The number of hydrogen-bond acceptors (Lipinski definition) is 10. The minimum atomic E-state index is -3.77. The molecule has 1 amide bonds. The summed E-state index contributed by atoms with van der Waals surface area (Å²) < 4.78 is 27.1. The van der Waals surface area contributed by atoms with Gasteiger partial charge in [-0.05, 0) is 6.92 Å². The lowest BCUT2D eigenvalue weighted by Crippen LogP contribution is -2.35. The number of benzene rings is 1. The number of halogens is 1. The number of aliphatic hydroxyl groups excluding tert-OH is 1. The molecule has 0 radical (unpaired) electrons. The van der Waals surface area contributed by atoms with Crippen LogP contribution in [0.3, 0.4) is 0 Å². The summed E-state index contributed by atoms with van der Waals surface area (Å²) in [5.41, 5.74) is -1.97. The van der Waals surface area contributed by atoms with Gasteiger partial charge in [-0.2, -0.15) is 8.42 Å². The average molecular weight is 513 g/mol. The number of hydrogen-bond donors (Lipinski definition) is 2. The molecular formula is C15H21BrN4O9S. The van der Waals surface area contributed by atoms with Gasteiger partial charge in [-0.25, -0.2) is 0 Å². The smallest absolute Gasteiger partial charge is 0.300 e. The largest absolute Gasteiger partial charge is 0.392 e. The molecule has 1 aromatic rings. The molecule has 0 aliphatic rings. The van der Waals surface area contributed by atoms with Gasteiger partial charge < -0.3 is 15.3 Å². The van der Waals surface area contributed by atoms with E-state index in [2.05, 4.69) is 25.4 Å². The van der Waals surface area contributed by atoms with Crippen molar-refractivity contribution < 1.29 is 32.3 Å². The van der Waals surface area contributed by atoms with E-state index in [1.807, 2.05) is 0 Å². The highest BCUT2D eigenvalue weighted by atomic mass is 79.9. The van der Waals surface area contributed by atoms with E-state index in [4.69, 9.17) is 0 Å². The zero-order valence-electron chi connectivity index (χ0n) is 16.1. The molecule has 13 nitrogen and oxygen atoms in total. The van der Waals surface area contributed by atoms with E-state index in [9.17, 15) is 38.5 Å². The molecule has 1 atom stereocenters. The normalized spacial score (nSPS) is 12.3. The fourth-order valence-electron chi connectivity index (χ4n) is 2.43. The Morgan fingerprint density at radius 1 is 1.30 bits per heavy atom. The topological polar surface area (TPSA) is 182 Å². The minimum Gasteiger partial charge on any atom is -0.392 e. The van der Waals surface area contributed by atoms with Crippen LogP contribution in [0, 0.1) is 20.2 Å². The Kier molecular flexibility index (Phi) is 9.54. The van der Waals surface area contributed by atoms with Gasteiger partial charge in [0.25, 0.3) is 27.4 Å². The quantitative estimate of drug-likeness (QED) is 0.175. The fraction of sp³-hybridized carbons (Fsp3) is 0.533. The molecule has 0 aliphatic carbocycles. The number of alkyl halides is 1. The third-order valence-corrected chi connectivity index (χ3v) is 4.56. The minimum absolute atomic E-state index is 0.0997. The molecule has 2 N–H and O–H groups in total. The molecule has 0 fully saturated rings. The number of nitrogens with zero attached hydrogens (tertiary/aromatic N) is 3. The van der Waals surface area contributed by atoms with Gasteiger partial charge >= 0.3 is 0 Å². The first kappa shape index (κ1) is 25.7. The number of non-ortho nitro benzene ring substituents is 1. The maximum atomic E-state index is 12.6. The highest BCUT2D eigenvalue weighted by molar-refractivity contribution is 9.09. The van der Waals surface area contributed by atoms with E-state index in [0.717, 1.165) is 18.4 Å². The van der Waals surface area contributed by atoms with Gasteiger partial charge in [-0.3, -0.25) is 29.2 Å². The van der Waals surface area contributed by atoms with Gasteiger partial charge in [-0.1, -0.05) is 15.9 Å². The molecule has 0 spiro atoms. The molecule has 1 unspecified atom stereocenters. The van der Waals surface area contributed by atoms with Crippen molar-refractivity contribution in [1.29, 1.82) is 0 Å². The van der Waals surface area contributed by atoms with Crippen molar-refractivity contribution in [2.24, 2.45) is 0 Å². The zero-order chi connectivity index (χ0) is 23.1. The third-order valence-electron chi connectivity index (χ3n) is 3.61. The Hall–Kier alpha value is -2.36. The van der Waals surface area contributed by atoms with Gasteiger partial charge in [0.15, 0.2) is 0 Å². The van der Waals surface area contributed by atoms with E-state index in [1.165, 1.54) is 11.8 Å². The lowest BCUT2D eigenvalue weighted by Gasteiger charge is -2.25. The molecule has 168 valence electrons. The van der Waals surface area contributed by atoms with Crippen LogP contribution in [0.1, 0.15) is 17.3 Å². The second-order valence-corrected chi connectivity index (χ2v) is 8.57. The number of aliphatic hydroxyl groups is 1. The van der Waals surface area contributed by atoms with Gasteiger partial charge in [0, 0.05) is 31.0 Å². The second-order valence-electron chi connectivity index (χ2n) is 6.14. The van der Waals surface area contributed by atoms with Gasteiger partial charge in [0.05, 0.1) is 40.4 Å². The standard InChI is InChI=1S/C15H21BrN4O9S/c1-10(21)9-17-15(22)12-7-11(19(23)24)8-13(20(25)26)14(12)18(4-3-16)5-6-29-30(2,27)28/h7-8,10,21H,3-6,9H2,1-2H3,(H,17,22). The lowest BCUT2D eigenvalue weighted by molar-refractivity contribution is -0.393. The Morgan fingerprint density at radius 3 is 2.40 bits per heavy atom. The van der Waals surface area contributed by atoms with Crippen LogP contribution in [0.15, 0.2) is 12.1 Å². The first-order chi connectivity index (χ1) is 13.9. The van der Waals surface area contributed by atoms with E-state index in [1.54, 1.807) is 0 Å². The summed E-state index contributed by atoms with van der Waals surface area (Å²) in [5.74, 6) is -0.874. The SMILES string of the molecule is CC(O)CNC(=O)c1cc([N+](=O)[O-])cc([N+](=O)[O-])c1N(CCBr)CCOS(C)(=O)=O. The Labute approximate surface area is 180 Å². The molecule has 15 heteroatoms. The molecular weight excluding hydrogens is 492 g/mol. The maximum Gasteiger partial charge on any atom is 0.300 e. The molecule has 0 aliphatic heterocycles. The Morgan fingerprint density at radius 2 is 1.93 bits per heavy atom. The van der Waals surface area contributed by atoms with E-state index in [-0.39, 0.29) is 42.8 Å². The van der Waals surface area contributed by atoms with Crippen molar-refractivity contribution in [1.82, 2.24) is 5.32 Å². The monoisotopic (exact) mass is 512 g/mol. The highest BCUT2D eigenvalue weighted by Gasteiger charge is 2.31. The van der Waals surface area contributed by atoms with E-state index in [0.29, 0.717) is 0 Å². The molecule has 1 aromatic carbocycles. The van der Waals surface area contributed by atoms with Crippen LogP contribution in [0.4, 0.5) is 17.1 Å². The number of nitro groups is 2. The molecule has 0 aromatic heterocycles. The number of nitro benzene ring substituents is 2. The van der Waals surface area contributed by atoms with Crippen molar-refractivity contribution in [3.05, 3.63) is 37.9 Å². The van der Waals surface area contributed by atoms with Gasteiger partial charge in [0.1, 0.15) is 5.69 Å². The van der Waals surface area contributed by atoms with Gasteiger partial charge in [0.2, 0.25) is 0 Å². The molecule has 1 rings (SSSR count). The number of carbonyl (C=O) groups excluding carboxylic acids is 1. The van der Waals surface area contributed by atoms with Crippen LogP contribution in [0.25, 0.3) is 0 Å². The number of nitrogens with one attached hydrogen (secondary N) is 1. The summed E-state index contributed by atoms with van der Waals surface area (Å²) in [6, 6.07) is 1.61. The maximum absolute atomic E-state index is 12.6. The summed E-state index contributed by atoms with van der Waals surface area (Å²) in [6.45, 7) is 0.784. The molecule has 0 saturated carbocycles. The molecule has 0 bridgehead atoms. The van der Waals surface area contributed by atoms with Crippen molar-refractivity contribution >= 4 is 49.0 Å². The summed E-state index contributed by atoms with van der Waals surface area (Å²) in [6.07, 6.45) is -0.0849. The van der Waals surface area contributed by atoms with Crippen LogP contribution in [0.5, 0.6) is 0 Å². The number of anilines is 1. The highest BCUT2D eigenvalue weighted by Crippen LogP contribution is 2.36. The average Bonchev–Trinajstić information content (AvgIpc) is 2.63. The number of carbonyl (C=O) groups is 1. The van der Waals surface area contributed by atoms with Gasteiger partial charge in [-0.15, -0.1) is 0 Å². The van der Waals surface area contributed by atoms with Crippen molar-refractivity contribution in [2.45, 2.75) is 13.0 Å². The van der Waals surface area contributed by atoms with E-state index < -0.39 is 43.4 Å². The first-order valence-electron chi connectivity index (χ1n) is 8.45. The van der Waals surface area contributed by atoms with Crippen LogP contribution in [-0.4, -0.2) is 73.2 Å². The van der Waals surface area contributed by atoms with Crippen LogP contribution in [-0.2, 0) is 14.3 Å². The summed E-state index contributed by atoms with van der Waals surface area (Å²) >= 11 is 3.18. The zero-order valence-corrected chi connectivity index (χ0v) is 18.5. The predicted molar refractivity (Wildman–Crippen MR) is 111 cm³/mol. The summed E-state index contributed by atoms with van der Waals surface area (Å²) in [7, 11) is -3.77. The number of amides is 1. The van der Waals surface area contributed by atoms with Crippen molar-refractivity contribution in [3.8, 4) is 0 Å². The van der Waals surface area contributed by atoms with E-state index >= 15 is 0 Å². The lowest BCUT2D eigenvalue weighted by atomic mass is 10.1. The van der Waals surface area contributed by atoms with Crippen molar-refractivity contribution in [2.75, 3.05) is 42.7 Å². The summed E-state index contributed by atoms with van der Waals surface area (Å²) in [4.78, 5) is 35.0. The van der Waals surface area contributed by atoms with Crippen LogP contribution < -0.4 is 10.2 Å². The second kappa shape index (κ2) is 11.1. The third kappa shape index (κ3) is 7.81. The van der Waals surface area contributed by atoms with Crippen LogP contribution in [0.2, 0.25) is 0 Å². The predicted octanol–water partition coefficient (Wildman–Crippen LogP) is 0.791. The first-order valence-corrected chi connectivity index (χ1v) is 11.4. The van der Waals surface area contributed by atoms with Crippen molar-refractivity contribution in [3.63, 3.8) is 0 Å². The molecule has 0 saturated heterocycles. The Bertz CT molecular complexity index is 908.